The van der Waals surface area contributed by atoms with Gasteiger partial charge in [0, 0.05) is 44.3 Å². The normalized spacial score (nSPS) is 12.2. The third-order valence-corrected chi connectivity index (χ3v) is 10.7. The van der Waals surface area contributed by atoms with E-state index in [1.54, 1.807) is 0 Å². The molecule has 4 nitrogen and oxygen atoms in total. The molecule has 0 saturated carbocycles. The predicted octanol–water partition coefficient (Wildman–Crippen LogP) is 13.7. The summed E-state index contributed by atoms with van der Waals surface area (Å²) in [5, 5.41) is 0. The van der Waals surface area contributed by atoms with E-state index in [1.807, 2.05) is 0 Å². The summed E-state index contributed by atoms with van der Waals surface area (Å²) in [7, 11) is 0. The first kappa shape index (κ1) is 35.2. The summed E-state index contributed by atoms with van der Waals surface area (Å²) in [5.41, 5.74) is 19.0. The van der Waals surface area contributed by atoms with Crippen molar-refractivity contribution in [3.8, 4) is 44.5 Å². The lowest BCUT2D eigenvalue weighted by molar-refractivity contribution is 0.647. The van der Waals surface area contributed by atoms with Gasteiger partial charge in [-0.1, -0.05) is 137 Å². The standard InChI is InChI=1S/C52H46N4/c1-33(2)31-35-15-19-39(20-16-35)51-45-27-23-41(53-45)49(37-11-7-5-8-12-37)43-25-29-47(55-43)52(40-21-17-36(18-22-40)32-34(3)4)48-30-26-44(56-48)50(38-13-9-6-10-14-38)42-24-28-46(51)54-42/h5-30,33-34,53,56H,31-32H2,1-4H3. The Kier molecular flexibility index (Phi) is 9.40. The fraction of sp³-hybridized carbons (Fsp3) is 0.154. The van der Waals surface area contributed by atoms with E-state index in [2.05, 4.69) is 195 Å². The predicted molar refractivity (Wildman–Crippen MR) is 238 cm³/mol. The lowest BCUT2D eigenvalue weighted by Gasteiger charge is -2.09. The maximum Gasteiger partial charge on any atom is 0.0737 e. The van der Waals surface area contributed by atoms with Crippen LogP contribution in [0.5, 0.6) is 0 Å². The fourth-order valence-corrected chi connectivity index (χ4v) is 8.19. The first-order valence-corrected chi connectivity index (χ1v) is 19.8. The molecule has 8 bridgehead atoms. The molecule has 0 atom stereocenters. The van der Waals surface area contributed by atoms with Gasteiger partial charge in [0.05, 0.1) is 22.8 Å². The van der Waals surface area contributed by atoms with Crippen LogP contribution in [0.2, 0.25) is 0 Å². The quantitative estimate of drug-likeness (QED) is 0.164. The average Bonchev–Trinajstić information content (AvgIpc) is 4.05. The molecule has 56 heavy (non-hydrogen) atoms. The molecule has 0 aliphatic carbocycles. The van der Waals surface area contributed by atoms with Crippen molar-refractivity contribution in [1.82, 2.24) is 19.9 Å². The van der Waals surface area contributed by atoms with E-state index >= 15 is 0 Å². The molecule has 5 heterocycles. The number of hydrogen-bond donors (Lipinski definition) is 2. The number of H-pyrrole nitrogens is 2. The third kappa shape index (κ3) is 6.95. The Morgan fingerprint density at radius 2 is 0.643 bits per heavy atom. The smallest absolute Gasteiger partial charge is 0.0737 e. The molecule has 274 valence electrons. The number of fused-ring (bicyclic) bond motifs is 8. The zero-order valence-electron chi connectivity index (χ0n) is 32.5. The zero-order valence-corrected chi connectivity index (χ0v) is 32.5. The largest absolute Gasteiger partial charge is 0.354 e. The second kappa shape index (κ2) is 15.0. The Morgan fingerprint density at radius 1 is 0.357 bits per heavy atom. The lowest BCUT2D eigenvalue weighted by atomic mass is 9.98. The summed E-state index contributed by atoms with van der Waals surface area (Å²) in [5.74, 6) is 1.17. The molecule has 4 aromatic carbocycles. The van der Waals surface area contributed by atoms with Crippen LogP contribution >= 0.6 is 0 Å². The van der Waals surface area contributed by atoms with Gasteiger partial charge in [-0.15, -0.1) is 0 Å². The highest BCUT2D eigenvalue weighted by molar-refractivity contribution is 5.99. The Bertz CT molecular complexity index is 2570. The van der Waals surface area contributed by atoms with Crippen LogP contribution in [0.1, 0.15) is 61.6 Å². The Hall–Kier alpha value is -6.52. The van der Waals surface area contributed by atoms with Gasteiger partial charge in [0.2, 0.25) is 0 Å². The molecule has 7 aromatic rings. The highest BCUT2D eigenvalue weighted by atomic mass is 14.8. The minimum absolute atomic E-state index is 0.586. The number of rotatable bonds is 8. The van der Waals surface area contributed by atoms with Crippen LogP contribution in [0, 0.1) is 11.8 Å². The van der Waals surface area contributed by atoms with Crippen LogP contribution < -0.4 is 0 Å². The molecule has 2 aliphatic rings. The van der Waals surface area contributed by atoms with Gasteiger partial charge in [0.1, 0.15) is 0 Å². The van der Waals surface area contributed by atoms with Crippen LogP contribution in [0.4, 0.5) is 0 Å². The summed E-state index contributed by atoms with van der Waals surface area (Å²) in [6, 6.07) is 48.0. The molecule has 0 fully saturated rings. The van der Waals surface area contributed by atoms with E-state index < -0.39 is 0 Å². The van der Waals surface area contributed by atoms with Crippen LogP contribution in [-0.4, -0.2) is 19.9 Å². The van der Waals surface area contributed by atoms with E-state index in [0.717, 1.165) is 102 Å². The minimum atomic E-state index is 0.586. The first-order valence-electron chi connectivity index (χ1n) is 19.8. The van der Waals surface area contributed by atoms with Crippen molar-refractivity contribution in [2.24, 2.45) is 11.8 Å². The molecule has 0 unspecified atom stereocenters. The molecule has 0 radical (unpaired) electrons. The Morgan fingerprint density at radius 3 is 0.929 bits per heavy atom. The molecule has 0 amide bonds. The monoisotopic (exact) mass is 726 g/mol. The zero-order chi connectivity index (χ0) is 38.2. The highest BCUT2D eigenvalue weighted by Gasteiger charge is 2.19. The first-order chi connectivity index (χ1) is 27.4. The van der Waals surface area contributed by atoms with Crippen molar-refractivity contribution in [3.05, 3.63) is 167 Å². The number of nitrogens with one attached hydrogen (secondary N) is 2. The maximum absolute atomic E-state index is 5.45. The van der Waals surface area contributed by atoms with Crippen LogP contribution in [-0.2, 0) is 12.8 Å². The van der Waals surface area contributed by atoms with Gasteiger partial charge in [0.25, 0.3) is 0 Å². The number of hydrogen-bond acceptors (Lipinski definition) is 2. The van der Waals surface area contributed by atoms with E-state index in [4.69, 9.17) is 9.97 Å². The molecule has 0 spiro atoms. The van der Waals surface area contributed by atoms with Crippen molar-refractivity contribution in [2.45, 2.75) is 40.5 Å². The summed E-state index contributed by atoms with van der Waals surface area (Å²) in [6.07, 6.45) is 10.7. The summed E-state index contributed by atoms with van der Waals surface area (Å²) in [6.45, 7) is 9.07. The lowest BCUT2D eigenvalue weighted by Crippen LogP contribution is -1.94. The molecule has 2 N–H and O–H groups in total. The van der Waals surface area contributed by atoms with Crippen molar-refractivity contribution >= 4 is 46.4 Å². The van der Waals surface area contributed by atoms with Gasteiger partial charge in [0.15, 0.2) is 0 Å². The molecule has 0 saturated heterocycles. The molecule has 2 aliphatic heterocycles. The van der Waals surface area contributed by atoms with Crippen LogP contribution in [0.3, 0.4) is 0 Å². The summed E-state index contributed by atoms with van der Waals surface area (Å²) >= 11 is 0. The van der Waals surface area contributed by atoms with E-state index in [-0.39, 0.29) is 0 Å². The summed E-state index contributed by atoms with van der Waals surface area (Å²) < 4.78 is 0. The van der Waals surface area contributed by atoms with Gasteiger partial charge in [-0.2, -0.15) is 0 Å². The van der Waals surface area contributed by atoms with Crippen molar-refractivity contribution in [3.63, 3.8) is 0 Å². The molecule has 9 rings (SSSR count). The second-order valence-electron chi connectivity index (χ2n) is 15.8. The van der Waals surface area contributed by atoms with Gasteiger partial charge in [-0.05, 0) is 107 Å². The Balaban J connectivity index is 1.40. The van der Waals surface area contributed by atoms with E-state index in [1.165, 1.54) is 11.1 Å². The molecule has 3 aromatic heterocycles. The average molecular weight is 727 g/mol. The number of aromatic nitrogens is 4. The van der Waals surface area contributed by atoms with Crippen LogP contribution in [0.15, 0.2) is 133 Å². The summed E-state index contributed by atoms with van der Waals surface area (Å²) in [4.78, 5) is 18.6. The van der Waals surface area contributed by atoms with E-state index in [0.29, 0.717) is 11.8 Å². The van der Waals surface area contributed by atoms with Gasteiger partial charge in [-0.3, -0.25) is 0 Å². The number of nitrogens with zero attached hydrogens (tertiary/aromatic N) is 2. The fourth-order valence-electron chi connectivity index (χ4n) is 8.19. The van der Waals surface area contributed by atoms with Crippen molar-refractivity contribution < 1.29 is 0 Å². The van der Waals surface area contributed by atoms with E-state index in [9.17, 15) is 0 Å². The molecular weight excluding hydrogens is 681 g/mol. The second-order valence-corrected chi connectivity index (χ2v) is 15.8. The maximum atomic E-state index is 5.45. The third-order valence-electron chi connectivity index (χ3n) is 10.7. The molecule has 4 heteroatoms. The Labute approximate surface area is 329 Å². The van der Waals surface area contributed by atoms with Crippen LogP contribution in [0.25, 0.3) is 90.9 Å². The van der Waals surface area contributed by atoms with Crippen molar-refractivity contribution in [1.29, 1.82) is 0 Å². The topological polar surface area (TPSA) is 57.4 Å². The minimum Gasteiger partial charge on any atom is -0.354 e. The van der Waals surface area contributed by atoms with Crippen molar-refractivity contribution in [2.75, 3.05) is 0 Å². The number of aromatic amines is 2. The number of benzene rings is 4. The van der Waals surface area contributed by atoms with Gasteiger partial charge >= 0.3 is 0 Å². The van der Waals surface area contributed by atoms with Gasteiger partial charge in [-0.25, -0.2) is 9.97 Å². The SMILES string of the molecule is CC(C)Cc1ccc(-c2c3nc(c(-c4ccccc4)c4ccc([nH]4)c(-c4ccc(CC(C)C)cc4)c4nc(c(-c5ccccc5)c5ccc2[nH]5)C=C4)C=C3)cc1. The van der Waals surface area contributed by atoms with Gasteiger partial charge < -0.3 is 9.97 Å². The highest BCUT2D eigenvalue weighted by Crippen LogP contribution is 2.38. The molecular formula is C52H46N4.